The molecule has 6 nitrogen and oxygen atoms in total. The maximum absolute atomic E-state index is 12.5. The van der Waals surface area contributed by atoms with Crippen LogP contribution in [0.2, 0.25) is 5.02 Å². The molecule has 1 atom stereocenters. The summed E-state index contributed by atoms with van der Waals surface area (Å²) < 4.78 is 3.47. The maximum Gasteiger partial charge on any atom is 0.247 e. The van der Waals surface area contributed by atoms with Gasteiger partial charge in [0.25, 0.3) is 0 Å². The minimum Gasteiger partial charge on any atom is -0.338 e. The van der Waals surface area contributed by atoms with Crippen LogP contribution in [0, 0.1) is 6.92 Å². The molecule has 1 unspecified atom stereocenters. The van der Waals surface area contributed by atoms with Crippen molar-refractivity contribution in [2.24, 2.45) is 0 Å². The summed E-state index contributed by atoms with van der Waals surface area (Å²) in [6.07, 6.45) is 3.47. The van der Waals surface area contributed by atoms with E-state index in [1.807, 2.05) is 26.8 Å². The van der Waals surface area contributed by atoms with Gasteiger partial charge in [0.05, 0.1) is 11.6 Å². The van der Waals surface area contributed by atoms with E-state index in [0.29, 0.717) is 17.3 Å². The second-order valence-electron chi connectivity index (χ2n) is 5.07. The number of hydrogen-bond acceptors (Lipinski definition) is 3. The number of carbonyl (C=O) groups is 1. The monoisotopic (exact) mass is 309 g/mol. The van der Waals surface area contributed by atoms with Crippen LogP contribution in [0.4, 0.5) is 0 Å². The summed E-state index contributed by atoms with van der Waals surface area (Å²) in [7, 11) is 1.75. The molecule has 0 aliphatic rings. The molecular formula is C14H20ClN5O. The van der Waals surface area contributed by atoms with Gasteiger partial charge in [0, 0.05) is 31.7 Å². The van der Waals surface area contributed by atoms with Crippen molar-refractivity contribution >= 4 is 17.5 Å². The Balaban J connectivity index is 2.09. The first kappa shape index (κ1) is 15.6. The van der Waals surface area contributed by atoms with Crippen LogP contribution in [0.25, 0.3) is 0 Å². The third kappa shape index (κ3) is 3.26. The van der Waals surface area contributed by atoms with Crippen LogP contribution in [0.15, 0.2) is 18.5 Å². The van der Waals surface area contributed by atoms with Gasteiger partial charge in [0.2, 0.25) is 5.91 Å². The van der Waals surface area contributed by atoms with Crippen molar-refractivity contribution in [1.29, 1.82) is 0 Å². The molecule has 0 radical (unpaired) electrons. The summed E-state index contributed by atoms with van der Waals surface area (Å²) in [5, 5.41) is 9.13. The van der Waals surface area contributed by atoms with Crippen molar-refractivity contribution in [2.45, 2.75) is 39.9 Å². The molecule has 1 amide bonds. The molecule has 114 valence electrons. The van der Waals surface area contributed by atoms with Gasteiger partial charge in [-0.1, -0.05) is 11.6 Å². The first-order valence-electron chi connectivity index (χ1n) is 6.91. The van der Waals surface area contributed by atoms with Crippen molar-refractivity contribution in [2.75, 3.05) is 7.05 Å². The highest BCUT2D eigenvalue weighted by Crippen LogP contribution is 2.18. The van der Waals surface area contributed by atoms with Crippen LogP contribution in [-0.2, 0) is 17.9 Å². The van der Waals surface area contributed by atoms with Crippen LogP contribution in [0.5, 0.6) is 0 Å². The standard InChI is InChI=1S/C14H20ClN5O/c1-5-19-8-12(15)13(17-19)9-18(4)14(21)11(3)20-10(2)6-7-16-20/h6-8,11H,5,9H2,1-4H3. The lowest BCUT2D eigenvalue weighted by atomic mass is 10.2. The quantitative estimate of drug-likeness (QED) is 0.851. The minimum absolute atomic E-state index is 0.0242. The molecule has 2 aromatic heterocycles. The number of aryl methyl sites for hydroxylation is 2. The van der Waals surface area contributed by atoms with Gasteiger partial charge in [-0.3, -0.25) is 14.2 Å². The molecule has 2 rings (SSSR count). The van der Waals surface area contributed by atoms with E-state index in [1.54, 1.807) is 33.7 Å². The molecule has 2 heterocycles. The largest absolute Gasteiger partial charge is 0.338 e. The molecule has 0 fully saturated rings. The number of nitrogens with zero attached hydrogens (tertiary/aromatic N) is 5. The first-order valence-corrected chi connectivity index (χ1v) is 7.28. The molecule has 0 bridgehead atoms. The first-order chi connectivity index (χ1) is 9.93. The van der Waals surface area contributed by atoms with Gasteiger partial charge in [-0.25, -0.2) is 0 Å². The number of halogens is 1. The van der Waals surface area contributed by atoms with E-state index >= 15 is 0 Å². The SMILES string of the molecule is CCn1cc(Cl)c(CN(C)C(=O)C(C)n2nccc2C)n1. The summed E-state index contributed by atoms with van der Waals surface area (Å²) in [6.45, 7) is 6.89. The van der Waals surface area contributed by atoms with E-state index < -0.39 is 0 Å². The fourth-order valence-electron chi connectivity index (χ4n) is 2.22. The average molecular weight is 310 g/mol. The van der Waals surface area contributed by atoms with Crippen LogP contribution in [-0.4, -0.2) is 37.4 Å². The Morgan fingerprint density at radius 2 is 2.24 bits per heavy atom. The molecule has 2 aromatic rings. The predicted octanol–water partition coefficient (Wildman–Crippen LogP) is 2.28. The van der Waals surface area contributed by atoms with E-state index in [9.17, 15) is 4.79 Å². The zero-order valence-electron chi connectivity index (χ0n) is 12.7. The molecule has 0 saturated carbocycles. The van der Waals surface area contributed by atoms with Gasteiger partial charge in [-0.15, -0.1) is 0 Å². The Bertz CT molecular complexity index is 633. The maximum atomic E-state index is 12.5. The zero-order chi connectivity index (χ0) is 15.6. The third-order valence-corrected chi connectivity index (χ3v) is 3.78. The zero-order valence-corrected chi connectivity index (χ0v) is 13.5. The number of carbonyl (C=O) groups excluding carboxylic acids is 1. The van der Waals surface area contributed by atoms with Crippen LogP contribution in [0.1, 0.15) is 31.3 Å². The summed E-state index contributed by atoms with van der Waals surface area (Å²) in [6, 6.07) is 1.53. The van der Waals surface area contributed by atoms with Crippen molar-refractivity contribution in [3.05, 3.63) is 34.9 Å². The lowest BCUT2D eigenvalue weighted by molar-refractivity contribution is -0.133. The average Bonchev–Trinajstić information content (AvgIpc) is 3.03. The molecule has 7 heteroatoms. The summed E-state index contributed by atoms with van der Waals surface area (Å²) in [4.78, 5) is 14.1. The van der Waals surface area contributed by atoms with Crippen molar-refractivity contribution in [3.63, 3.8) is 0 Å². The van der Waals surface area contributed by atoms with Gasteiger partial charge in [0.1, 0.15) is 11.7 Å². The van der Waals surface area contributed by atoms with Gasteiger partial charge < -0.3 is 4.90 Å². The smallest absolute Gasteiger partial charge is 0.247 e. The number of rotatable bonds is 5. The number of hydrogen-bond donors (Lipinski definition) is 0. The van der Waals surface area contributed by atoms with E-state index in [0.717, 1.165) is 12.2 Å². The van der Waals surface area contributed by atoms with Crippen molar-refractivity contribution in [3.8, 4) is 0 Å². The molecular weight excluding hydrogens is 290 g/mol. The predicted molar refractivity (Wildman–Crippen MR) is 81.1 cm³/mol. The van der Waals surface area contributed by atoms with Gasteiger partial charge >= 0.3 is 0 Å². The normalized spacial score (nSPS) is 12.4. The summed E-state index contributed by atoms with van der Waals surface area (Å²) in [5.41, 5.74) is 1.66. The van der Waals surface area contributed by atoms with Gasteiger partial charge in [-0.2, -0.15) is 10.2 Å². The number of amides is 1. The van der Waals surface area contributed by atoms with E-state index in [2.05, 4.69) is 10.2 Å². The Hall–Kier alpha value is -1.82. The molecule has 0 aliphatic heterocycles. The lowest BCUT2D eigenvalue weighted by Crippen LogP contribution is -2.33. The van der Waals surface area contributed by atoms with Gasteiger partial charge in [-0.05, 0) is 26.8 Å². The van der Waals surface area contributed by atoms with Gasteiger partial charge in [0.15, 0.2) is 0 Å². The Morgan fingerprint density at radius 3 is 2.76 bits per heavy atom. The van der Waals surface area contributed by atoms with Crippen LogP contribution < -0.4 is 0 Å². The van der Waals surface area contributed by atoms with Crippen molar-refractivity contribution < 1.29 is 4.79 Å². The summed E-state index contributed by atoms with van der Waals surface area (Å²) >= 11 is 6.14. The highest BCUT2D eigenvalue weighted by atomic mass is 35.5. The van der Waals surface area contributed by atoms with Crippen LogP contribution >= 0.6 is 11.6 Å². The summed E-state index contributed by atoms with van der Waals surface area (Å²) in [5.74, 6) is -0.0242. The number of aromatic nitrogens is 4. The third-order valence-electron chi connectivity index (χ3n) is 3.47. The Morgan fingerprint density at radius 1 is 1.52 bits per heavy atom. The van der Waals surface area contributed by atoms with E-state index in [1.165, 1.54) is 0 Å². The second-order valence-corrected chi connectivity index (χ2v) is 5.47. The lowest BCUT2D eigenvalue weighted by Gasteiger charge is -2.21. The molecule has 0 N–H and O–H groups in total. The van der Waals surface area contributed by atoms with Crippen molar-refractivity contribution in [1.82, 2.24) is 24.5 Å². The minimum atomic E-state index is -0.350. The molecule has 0 aliphatic carbocycles. The second kappa shape index (κ2) is 6.30. The fourth-order valence-corrected chi connectivity index (χ4v) is 2.43. The number of likely N-dealkylation sites (N-methyl/N-ethyl adjacent to an activating group) is 1. The molecule has 0 spiro atoms. The molecule has 21 heavy (non-hydrogen) atoms. The van der Waals surface area contributed by atoms with Crippen LogP contribution in [0.3, 0.4) is 0 Å². The highest BCUT2D eigenvalue weighted by Gasteiger charge is 2.22. The van der Waals surface area contributed by atoms with E-state index in [4.69, 9.17) is 11.6 Å². The fraction of sp³-hybridized carbons (Fsp3) is 0.500. The highest BCUT2D eigenvalue weighted by molar-refractivity contribution is 6.31. The van der Waals surface area contributed by atoms with E-state index in [-0.39, 0.29) is 11.9 Å². The Labute approximate surface area is 129 Å². The Kier molecular flexibility index (Phi) is 4.67. The molecule has 0 saturated heterocycles. The molecule has 0 aromatic carbocycles. The topological polar surface area (TPSA) is 56.0 Å².